The van der Waals surface area contributed by atoms with Crippen LogP contribution in [0.4, 0.5) is 5.69 Å². The van der Waals surface area contributed by atoms with Gasteiger partial charge in [0.25, 0.3) is 0 Å². The van der Waals surface area contributed by atoms with Crippen LogP contribution in [-0.4, -0.2) is 17.4 Å². The zero-order valence-electron chi connectivity index (χ0n) is 12.0. The number of aromatic nitrogens is 1. The van der Waals surface area contributed by atoms with Crippen molar-refractivity contribution < 1.29 is 4.79 Å². The van der Waals surface area contributed by atoms with E-state index in [0.29, 0.717) is 18.9 Å². The van der Waals surface area contributed by atoms with E-state index in [1.165, 1.54) is 0 Å². The summed E-state index contributed by atoms with van der Waals surface area (Å²) < 4.78 is 0. The van der Waals surface area contributed by atoms with Gasteiger partial charge in [-0.05, 0) is 44.4 Å². The van der Waals surface area contributed by atoms with Gasteiger partial charge < -0.3 is 11.1 Å². The molecule has 0 aliphatic heterocycles. The van der Waals surface area contributed by atoms with E-state index >= 15 is 0 Å². The largest absolute Gasteiger partial charge is 0.330 e. The third kappa shape index (κ3) is 6.34. The lowest BCUT2D eigenvalue weighted by molar-refractivity contribution is -0.116. The molecular formula is C15H25N3O. The van der Waals surface area contributed by atoms with E-state index in [1.54, 1.807) is 6.20 Å². The molecule has 19 heavy (non-hydrogen) atoms. The Bertz CT molecular complexity index is 369. The van der Waals surface area contributed by atoms with Crippen LogP contribution < -0.4 is 11.1 Å². The van der Waals surface area contributed by atoms with Crippen molar-refractivity contribution in [3.8, 4) is 0 Å². The molecule has 0 radical (unpaired) electrons. The molecular weight excluding hydrogens is 238 g/mol. The summed E-state index contributed by atoms with van der Waals surface area (Å²) >= 11 is 0. The van der Waals surface area contributed by atoms with Gasteiger partial charge in [0.2, 0.25) is 5.91 Å². The lowest BCUT2D eigenvalue weighted by Gasteiger charge is -2.14. The molecule has 1 amide bonds. The highest BCUT2D eigenvalue weighted by Gasteiger charge is 2.10. The van der Waals surface area contributed by atoms with E-state index in [-0.39, 0.29) is 5.91 Å². The summed E-state index contributed by atoms with van der Waals surface area (Å²) in [6.07, 6.45) is 6.46. The van der Waals surface area contributed by atoms with Gasteiger partial charge in [-0.15, -0.1) is 0 Å². The van der Waals surface area contributed by atoms with Crippen LogP contribution in [0.25, 0.3) is 0 Å². The maximum atomic E-state index is 11.8. The third-order valence-electron chi connectivity index (χ3n) is 3.25. The van der Waals surface area contributed by atoms with E-state index in [1.807, 2.05) is 19.1 Å². The Hall–Kier alpha value is -1.42. The van der Waals surface area contributed by atoms with Gasteiger partial charge in [0.05, 0.1) is 11.9 Å². The lowest BCUT2D eigenvalue weighted by Crippen LogP contribution is -2.15. The molecule has 4 heteroatoms. The van der Waals surface area contributed by atoms with Gasteiger partial charge in [-0.1, -0.05) is 19.8 Å². The van der Waals surface area contributed by atoms with Crippen molar-refractivity contribution in [2.75, 3.05) is 11.9 Å². The molecule has 1 aromatic heterocycles. The summed E-state index contributed by atoms with van der Waals surface area (Å²) in [7, 11) is 0. The summed E-state index contributed by atoms with van der Waals surface area (Å²) in [6.45, 7) is 4.80. The van der Waals surface area contributed by atoms with E-state index < -0.39 is 0 Å². The Morgan fingerprint density at radius 1 is 1.37 bits per heavy atom. The van der Waals surface area contributed by atoms with E-state index in [0.717, 1.165) is 37.1 Å². The fourth-order valence-corrected chi connectivity index (χ4v) is 2.18. The fourth-order valence-electron chi connectivity index (χ4n) is 2.18. The minimum absolute atomic E-state index is 0.0591. The van der Waals surface area contributed by atoms with E-state index in [2.05, 4.69) is 17.2 Å². The Morgan fingerprint density at radius 3 is 2.74 bits per heavy atom. The first kappa shape index (κ1) is 15.6. The molecule has 1 heterocycles. The molecule has 1 unspecified atom stereocenters. The van der Waals surface area contributed by atoms with Crippen molar-refractivity contribution in [3.63, 3.8) is 0 Å². The molecule has 3 N–H and O–H groups in total. The van der Waals surface area contributed by atoms with Crippen LogP contribution in [0.15, 0.2) is 18.3 Å². The van der Waals surface area contributed by atoms with E-state index in [9.17, 15) is 4.79 Å². The second-order valence-electron chi connectivity index (χ2n) is 5.01. The zero-order valence-corrected chi connectivity index (χ0v) is 12.0. The van der Waals surface area contributed by atoms with Gasteiger partial charge in [0, 0.05) is 12.1 Å². The first-order valence-electron chi connectivity index (χ1n) is 7.08. The summed E-state index contributed by atoms with van der Waals surface area (Å²) in [5.74, 6) is 0.626. The van der Waals surface area contributed by atoms with Crippen LogP contribution in [0.5, 0.6) is 0 Å². The Labute approximate surface area is 115 Å². The number of hydrogen-bond acceptors (Lipinski definition) is 3. The van der Waals surface area contributed by atoms with Crippen molar-refractivity contribution in [1.29, 1.82) is 0 Å². The number of aryl methyl sites for hydroxylation is 1. The smallest absolute Gasteiger partial charge is 0.224 e. The van der Waals surface area contributed by atoms with Crippen LogP contribution >= 0.6 is 0 Å². The fraction of sp³-hybridized carbons (Fsp3) is 0.600. The number of carbonyl (C=O) groups excluding carboxylic acids is 1. The summed E-state index contributed by atoms with van der Waals surface area (Å²) in [5, 5.41) is 2.88. The SMILES string of the molecule is CCCC(CCN)CCC(=O)Nc1ccc(C)nc1. The average molecular weight is 263 g/mol. The molecule has 4 nitrogen and oxygen atoms in total. The van der Waals surface area contributed by atoms with Gasteiger partial charge in [-0.2, -0.15) is 0 Å². The number of hydrogen-bond donors (Lipinski definition) is 2. The quantitative estimate of drug-likeness (QED) is 0.757. The summed E-state index contributed by atoms with van der Waals surface area (Å²) in [4.78, 5) is 16.0. The Balaban J connectivity index is 2.35. The van der Waals surface area contributed by atoms with Crippen molar-refractivity contribution in [3.05, 3.63) is 24.0 Å². The second kappa shape index (κ2) is 8.64. The van der Waals surface area contributed by atoms with Gasteiger partial charge in [-0.25, -0.2) is 0 Å². The van der Waals surface area contributed by atoms with E-state index in [4.69, 9.17) is 5.73 Å². The summed E-state index contributed by atoms with van der Waals surface area (Å²) in [6, 6.07) is 3.77. The predicted molar refractivity (Wildman–Crippen MR) is 78.9 cm³/mol. The molecule has 0 spiro atoms. The Morgan fingerprint density at radius 2 is 2.16 bits per heavy atom. The lowest BCUT2D eigenvalue weighted by atomic mass is 9.94. The number of pyridine rings is 1. The summed E-state index contributed by atoms with van der Waals surface area (Å²) in [5.41, 5.74) is 7.31. The number of carbonyl (C=O) groups is 1. The molecule has 0 fully saturated rings. The van der Waals surface area contributed by atoms with Crippen molar-refractivity contribution in [2.24, 2.45) is 11.7 Å². The molecule has 106 valence electrons. The second-order valence-corrected chi connectivity index (χ2v) is 5.01. The maximum Gasteiger partial charge on any atom is 0.224 e. The number of anilines is 1. The highest BCUT2D eigenvalue weighted by Crippen LogP contribution is 2.17. The molecule has 1 rings (SSSR count). The predicted octanol–water partition coefficient (Wildman–Crippen LogP) is 2.87. The number of nitrogens with two attached hydrogens (primary N) is 1. The number of nitrogens with zero attached hydrogens (tertiary/aromatic N) is 1. The van der Waals surface area contributed by atoms with Crippen molar-refractivity contribution >= 4 is 11.6 Å². The minimum Gasteiger partial charge on any atom is -0.330 e. The molecule has 0 saturated heterocycles. The van der Waals surface area contributed by atoms with Gasteiger partial charge in [0.1, 0.15) is 0 Å². The number of nitrogens with one attached hydrogen (secondary N) is 1. The molecule has 0 aliphatic rings. The van der Waals surface area contributed by atoms with Crippen LogP contribution in [0.1, 0.15) is 44.7 Å². The molecule has 1 atom stereocenters. The van der Waals surface area contributed by atoms with Crippen molar-refractivity contribution in [2.45, 2.75) is 46.0 Å². The molecule has 0 aromatic carbocycles. The van der Waals surface area contributed by atoms with Crippen LogP contribution in [-0.2, 0) is 4.79 Å². The number of rotatable bonds is 8. The van der Waals surface area contributed by atoms with Gasteiger partial charge in [0.15, 0.2) is 0 Å². The third-order valence-corrected chi connectivity index (χ3v) is 3.25. The van der Waals surface area contributed by atoms with Gasteiger partial charge in [-0.3, -0.25) is 9.78 Å². The van der Waals surface area contributed by atoms with Crippen LogP contribution in [0.2, 0.25) is 0 Å². The first-order valence-corrected chi connectivity index (χ1v) is 7.08. The standard InChI is InChI=1S/C15H25N3O/c1-3-4-13(9-10-16)6-8-15(19)18-14-7-5-12(2)17-11-14/h5,7,11,13H,3-4,6,8-10,16H2,1-2H3,(H,18,19). The number of amides is 1. The molecule has 0 aliphatic carbocycles. The normalized spacial score (nSPS) is 12.2. The first-order chi connectivity index (χ1) is 9.15. The molecule has 0 bridgehead atoms. The monoisotopic (exact) mass is 263 g/mol. The van der Waals surface area contributed by atoms with Crippen LogP contribution in [0.3, 0.4) is 0 Å². The topological polar surface area (TPSA) is 68.0 Å². The van der Waals surface area contributed by atoms with Gasteiger partial charge >= 0.3 is 0 Å². The van der Waals surface area contributed by atoms with Crippen molar-refractivity contribution in [1.82, 2.24) is 4.98 Å². The van der Waals surface area contributed by atoms with Crippen LogP contribution in [0, 0.1) is 12.8 Å². The molecule has 0 saturated carbocycles. The highest BCUT2D eigenvalue weighted by molar-refractivity contribution is 5.90. The highest BCUT2D eigenvalue weighted by atomic mass is 16.1. The molecule has 1 aromatic rings. The Kier molecular flexibility index (Phi) is 7.11. The maximum absolute atomic E-state index is 11.8. The minimum atomic E-state index is 0.0591. The zero-order chi connectivity index (χ0) is 14.1. The average Bonchev–Trinajstić information content (AvgIpc) is 2.39.